The quantitative estimate of drug-likeness (QED) is 0.780. The number of amides is 1. The van der Waals surface area contributed by atoms with E-state index in [0.717, 1.165) is 11.3 Å². The number of hydroxylamine groups is 2. The zero-order valence-corrected chi connectivity index (χ0v) is 15.8. The first-order valence-electron chi connectivity index (χ1n) is 8.12. The largest absolute Gasteiger partial charge is 0.376 e. The van der Waals surface area contributed by atoms with E-state index in [1.807, 2.05) is 22.9 Å². The summed E-state index contributed by atoms with van der Waals surface area (Å²) in [6.45, 7) is 2.17. The minimum Gasteiger partial charge on any atom is -0.376 e. The van der Waals surface area contributed by atoms with Crippen molar-refractivity contribution in [3.63, 3.8) is 0 Å². The van der Waals surface area contributed by atoms with Crippen molar-refractivity contribution in [2.24, 2.45) is 4.99 Å². The van der Waals surface area contributed by atoms with E-state index in [1.165, 1.54) is 5.06 Å². The van der Waals surface area contributed by atoms with Gasteiger partial charge in [0.25, 0.3) is 5.91 Å². The molecule has 0 saturated carbocycles. The molecular weight excluding hydrogens is 387 g/mol. The minimum absolute atomic E-state index is 0.0541. The summed E-state index contributed by atoms with van der Waals surface area (Å²) in [5, 5.41) is 10.7. The molecule has 1 amide bonds. The van der Waals surface area contributed by atoms with Crippen LogP contribution in [0.15, 0.2) is 58.9 Å². The third-order valence-electron chi connectivity index (χ3n) is 4.23. The number of allylic oxidation sites excluding steroid dienone is 1. The summed E-state index contributed by atoms with van der Waals surface area (Å²) in [6.07, 6.45) is 5.09. The predicted octanol–water partition coefficient (Wildman–Crippen LogP) is 4.29. The highest BCUT2D eigenvalue weighted by Crippen LogP contribution is 2.27. The number of aliphatic imine (C=N–C) groups is 1. The Bertz CT molecular complexity index is 1050. The number of hydrogen-bond donors (Lipinski definition) is 1. The second kappa shape index (κ2) is 6.72. The molecule has 0 fully saturated rings. The van der Waals surface area contributed by atoms with Gasteiger partial charge in [-0.3, -0.25) is 10.2 Å². The van der Waals surface area contributed by atoms with E-state index in [4.69, 9.17) is 33.4 Å². The van der Waals surface area contributed by atoms with E-state index in [2.05, 4.69) is 4.99 Å². The van der Waals surface area contributed by atoms with Crippen molar-refractivity contribution in [1.82, 2.24) is 9.63 Å². The van der Waals surface area contributed by atoms with Crippen molar-refractivity contribution in [2.45, 2.75) is 13.5 Å². The van der Waals surface area contributed by atoms with Crippen molar-refractivity contribution in [2.75, 3.05) is 0 Å². The number of halogens is 2. The Morgan fingerprint density at radius 2 is 1.96 bits per heavy atom. The van der Waals surface area contributed by atoms with Gasteiger partial charge in [-0.2, -0.15) is 4.99 Å². The molecule has 3 heterocycles. The number of nitrogens with zero attached hydrogens (tertiary/aromatic N) is 3. The van der Waals surface area contributed by atoms with Crippen LogP contribution >= 0.6 is 23.2 Å². The molecule has 0 atom stereocenters. The maximum Gasteiger partial charge on any atom is 0.283 e. The van der Waals surface area contributed by atoms with Crippen LogP contribution in [-0.2, 0) is 16.2 Å². The number of nitrogens with one attached hydrogen (secondary N) is 1. The summed E-state index contributed by atoms with van der Waals surface area (Å²) in [7, 11) is 0. The van der Waals surface area contributed by atoms with Crippen LogP contribution in [0.4, 0.5) is 0 Å². The molecule has 4 rings (SSSR count). The number of benzene rings is 1. The molecule has 2 aromatic rings. The zero-order valence-electron chi connectivity index (χ0n) is 14.2. The summed E-state index contributed by atoms with van der Waals surface area (Å²) in [5.41, 5.74) is 1.65. The predicted molar refractivity (Wildman–Crippen MR) is 105 cm³/mol. The lowest BCUT2D eigenvalue weighted by molar-refractivity contribution is -0.114. The van der Waals surface area contributed by atoms with Crippen LogP contribution in [0.2, 0.25) is 10.0 Å². The highest BCUT2D eigenvalue weighted by atomic mass is 35.5. The maximum absolute atomic E-state index is 12.4. The maximum atomic E-state index is 12.4. The Morgan fingerprint density at radius 3 is 2.70 bits per heavy atom. The Morgan fingerprint density at radius 1 is 1.22 bits per heavy atom. The van der Waals surface area contributed by atoms with E-state index in [1.54, 1.807) is 37.3 Å². The Labute approximate surface area is 165 Å². The third-order valence-corrected chi connectivity index (χ3v) is 4.94. The van der Waals surface area contributed by atoms with Crippen LogP contribution in [0.25, 0.3) is 6.08 Å². The number of hydrogen-bond acceptors (Lipinski definition) is 3. The molecule has 0 unspecified atom stereocenters. The molecule has 0 spiro atoms. The number of rotatable bonds is 3. The van der Waals surface area contributed by atoms with Crippen molar-refractivity contribution < 1.29 is 9.63 Å². The van der Waals surface area contributed by atoms with Crippen molar-refractivity contribution in [3.05, 3.63) is 75.2 Å². The van der Waals surface area contributed by atoms with Gasteiger partial charge in [-0.05, 0) is 37.3 Å². The third kappa shape index (κ3) is 3.18. The molecular formula is C19H14Cl2N4O2. The molecule has 1 aromatic heterocycles. The number of amidine groups is 2. The summed E-state index contributed by atoms with van der Waals surface area (Å²) in [6, 6.07) is 9.03. The van der Waals surface area contributed by atoms with Crippen molar-refractivity contribution in [1.29, 1.82) is 5.41 Å². The van der Waals surface area contributed by atoms with Crippen LogP contribution in [0.5, 0.6) is 0 Å². The number of fused-ring (bicyclic) bond motifs is 1. The Hall–Kier alpha value is -2.83. The van der Waals surface area contributed by atoms with Gasteiger partial charge in [-0.25, -0.2) is 0 Å². The molecule has 1 aromatic carbocycles. The van der Waals surface area contributed by atoms with E-state index >= 15 is 0 Å². The van der Waals surface area contributed by atoms with E-state index < -0.39 is 5.91 Å². The molecule has 6 nitrogen and oxygen atoms in total. The lowest BCUT2D eigenvalue weighted by Crippen LogP contribution is -2.38. The molecule has 0 saturated heterocycles. The van der Waals surface area contributed by atoms with Gasteiger partial charge in [0.1, 0.15) is 5.76 Å². The normalized spacial score (nSPS) is 17.7. The second-order valence-corrected chi connectivity index (χ2v) is 6.90. The van der Waals surface area contributed by atoms with Gasteiger partial charge in [0.05, 0.1) is 12.1 Å². The van der Waals surface area contributed by atoms with Crippen LogP contribution in [0.3, 0.4) is 0 Å². The van der Waals surface area contributed by atoms with Gasteiger partial charge >= 0.3 is 0 Å². The lowest BCUT2D eigenvalue weighted by atomic mass is 10.1. The lowest BCUT2D eigenvalue weighted by Gasteiger charge is -2.23. The average molecular weight is 401 g/mol. The summed E-state index contributed by atoms with van der Waals surface area (Å²) in [4.78, 5) is 21.8. The minimum atomic E-state index is -0.482. The fourth-order valence-corrected chi connectivity index (χ4v) is 3.42. The van der Waals surface area contributed by atoms with E-state index in [-0.39, 0.29) is 11.4 Å². The molecule has 2 aliphatic rings. The highest BCUT2D eigenvalue weighted by molar-refractivity contribution is 6.36. The first-order chi connectivity index (χ1) is 12.9. The molecule has 1 N–H and O–H groups in total. The average Bonchev–Trinajstić information content (AvgIpc) is 3.21. The Kier molecular flexibility index (Phi) is 4.37. The van der Waals surface area contributed by atoms with Crippen LogP contribution in [-0.4, -0.2) is 27.2 Å². The molecule has 8 heteroatoms. The van der Waals surface area contributed by atoms with Gasteiger partial charge < -0.3 is 9.40 Å². The van der Waals surface area contributed by atoms with Gasteiger partial charge in [-0.1, -0.05) is 29.3 Å². The summed E-state index contributed by atoms with van der Waals surface area (Å²) < 4.78 is 1.90. The van der Waals surface area contributed by atoms with E-state index in [0.29, 0.717) is 28.2 Å². The standard InChI is InChI=1S/C19H14Cl2N4O2/c1-11-8-17-23-19(26)13(18(22)25(17)27-11)9-12-4-3-7-24(12)10-14-15(20)5-2-6-16(14)21/h2-9,22H,10H2,1H3/b13-9+,22-18?. The number of carbonyl (C=O) groups is 1. The fraction of sp³-hybridized carbons (Fsp3) is 0.105. The van der Waals surface area contributed by atoms with Gasteiger partial charge in [0, 0.05) is 33.6 Å². The number of carbonyl (C=O) groups excluding carboxylic acids is 1. The molecule has 27 heavy (non-hydrogen) atoms. The van der Waals surface area contributed by atoms with Crippen LogP contribution < -0.4 is 0 Å². The molecule has 0 bridgehead atoms. The van der Waals surface area contributed by atoms with Crippen LogP contribution in [0.1, 0.15) is 18.2 Å². The first-order valence-corrected chi connectivity index (χ1v) is 8.87. The smallest absolute Gasteiger partial charge is 0.283 e. The fourth-order valence-electron chi connectivity index (χ4n) is 2.90. The summed E-state index contributed by atoms with van der Waals surface area (Å²) >= 11 is 12.5. The second-order valence-electron chi connectivity index (χ2n) is 6.08. The van der Waals surface area contributed by atoms with Crippen molar-refractivity contribution >= 4 is 46.9 Å². The highest BCUT2D eigenvalue weighted by Gasteiger charge is 2.34. The first kappa shape index (κ1) is 17.6. The van der Waals surface area contributed by atoms with Gasteiger partial charge in [0.15, 0.2) is 11.7 Å². The molecule has 2 aliphatic heterocycles. The van der Waals surface area contributed by atoms with Gasteiger partial charge in [0.2, 0.25) is 0 Å². The SMILES string of the molecule is CC1=CC2=NC(=O)/C(=C/c3cccn3Cc3c(Cl)cccc3Cl)C(=N)N2O1. The van der Waals surface area contributed by atoms with Gasteiger partial charge in [-0.15, -0.1) is 5.06 Å². The van der Waals surface area contributed by atoms with E-state index in [9.17, 15) is 4.79 Å². The van der Waals surface area contributed by atoms with Crippen LogP contribution in [0, 0.1) is 5.41 Å². The Balaban J connectivity index is 1.68. The zero-order chi connectivity index (χ0) is 19.1. The molecule has 0 radical (unpaired) electrons. The molecule has 0 aliphatic carbocycles. The van der Waals surface area contributed by atoms with Crippen molar-refractivity contribution in [3.8, 4) is 0 Å². The monoisotopic (exact) mass is 400 g/mol. The topological polar surface area (TPSA) is 70.7 Å². The number of aromatic nitrogens is 1. The summed E-state index contributed by atoms with van der Waals surface area (Å²) in [5.74, 6) is 0.355. The molecule has 136 valence electrons.